The summed E-state index contributed by atoms with van der Waals surface area (Å²) in [5.41, 5.74) is 0. The van der Waals surface area contributed by atoms with Crippen molar-refractivity contribution in [3.63, 3.8) is 0 Å². The van der Waals surface area contributed by atoms with Gasteiger partial charge in [-0.1, -0.05) is 344 Å². The third-order valence-electron chi connectivity index (χ3n) is 18.1. The lowest BCUT2D eigenvalue weighted by atomic mass is 10.0. The van der Waals surface area contributed by atoms with Gasteiger partial charge < -0.3 is 33.8 Å². The molecule has 3 unspecified atom stereocenters. The Morgan fingerprint density at radius 2 is 0.433 bits per heavy atom. The topological polar surface area (TPSA) is 237 Å². The lowest BCUT2D eigenvalue weighted by molar-refractivity contribution is -0.161. The summed E-state index contributed by atoms with van der Waals surface area (Å²) >= 11 is 0. The predicted octanol–water partition coefficient (Wildman–Crippen LogP) is 22.8. The largest absolute Gasteiger partial charge is 0.472 e. The third-order valence-corrected chi connectivity index (χ3v) is 20.0. The van der Waals surface area contributed by atoms with Crippen LogP contribution in [0, 0.1) is 23.7 Å². The minimum atomic E-state index is -4.96. The first-order chi connectivity index (χ1) is 46.6. The van der Waals surface area contributed by atoms with E-state index in [2.05, 4.69) is 55.4 Å². The average molecular weight is 1420 g/mol. The molecule has 0 aliphatic rings. The van der Waals surface area contributed by atoms with Crippen molar-refractivity contribution in [3.8, 4) is 0 Å². The molecule has 3 N–H and O–H groups in total. The molecular weight excluding hydrogens is 1270 g/mol. The second kappa shape index (κ2) is 67.2. The van der Waals surface area contributed by atoms with E-state index in [1.54, 1.807) is 0 Å². The van der Waals surface area contributed by atoms with Crippen molar-refractivity contribution in [2.24, 2.45) is 23.7 Å². The van der Waals surface area contributed by atoms with Crippen LogP contribution in [0.1, 0.15) is 396 Å². The number of aliphatic hydroxyl groups is 1. The van der Waals surface area contributed by atoms with Crippen molar-refractivity contribution in [3.05, 3.63) is 0 Å². The van der Waals surface area contributed by atoms with Crippen LogP contribution < -0.4 is 0 Å². The van der Waals surface area contributed by atoms with Crippen LogP contribution in [0.3, 0.4) is 0 Å². The lowest BCUT2D eigenvalue weighted by Crippen LogP contribution is -2.30. The highest BCUT2D eigenvalue weighted by atomic mass is 31.2. The molecule has 0 spiro atoms. The van der Waals surface area contributed by atoms with E-state index >= 15 is 0 Å². The van der Waals surface area contributed by atoms with Gasteiger partial charge in [-0.05, 0) is 49.4 Å². The Hall–Kier alpha value is -1.94. The zero-order valence-electron chi connectivity index (χ0n) is 63.7. The van der Waals surface area contributed by atoms with E-state index in [-0.39, 0.29) is 25.7 Å². The fourth-order valence-electron chi connectivity index (χ4n) is 11.9. The zero-order chi connectivity index (χ0) is 71.7. The maximum atomic E-state index is 13.1. The van der Waals surface area contributed by atoms with Crippen molar-refractivity contribution in [2.75, 3.05) is 39.6 Å². The van der Waals surface area contributed by atoms with E-state index in [1.807, 2.05) is 0 Å². The number of carbonyl (C=O) groups excluding carboxylic acids is 4. The number of hydrogen-bond acceptors (Lipinski definition) is 15. The van der Waals surface area contributed by atoms with Crippen LogP contribution in [0.25, 0.3) is 0 Å². The molecule has 0 aliphatic heterocycles. The van der Waals surface area contributed by atoms with E-state index in [4.69, 9.17) is 37.0 Å². The summed E-state index contributed by atoms with van der Waals surface area (Å²) in [5, 5.41) is 10.6. The van der Waals surface area contributed by atoms with Gasteiger partial charge in [0.15, 0.2) is 12.2 Å². The molecule has 19 heteroatoms. The van der Waals surface area contributed by atoms with Gasteiger partial charge in [-0.2, -0.15) is 0 Å². The molecule has 0 heterocycles. The molecule has 0 aromatic carbocycles. The summed E-state index contributed by atoms with van der Waals surface area (Å²) in [5.74, 6) is 0.924. The minimum Gasteiger partial charge on any atom is -0.462 e. The molecule has 0 saturated carbocycles. The number of rotatable bonds is 75. The molecule has 0 aromatic rings. The van der Waals surface area contributed by atoms with Crippen molar-refractivity contribution in [1.82, 2.24) is 0 Å². The second-order valence-electron chi connectivity index (χ2n) is 30.0. The van der Waals surface area contributed by atoms with Gasteiger partial charge in [0.1, 0.15) is 19.3 Å². The molecule has 5 atom stereocenters. The van der Waals surface area contributed by atoms with Crippen LogP contribution in [0.15, 0.2) is 0 Å². The monoisotopic (exact) mass is 1420 g/mol. The second-order valence-corrected chi connectivity index (χ2v) is 32.9. The van der Waals surface area contributed by atoms with E-state index in [1.165, 1.54) is 193 Å². The molecule has 0 amide bonds. The molecule has 0 fully saturated rings. The number of esters is 4. The maximum Gasteiger partial charge on any atom is 0.472 e. The van der Waals surface area contributed by atoms with Crippen molar-refractivity contribution in [1.29, 1.82) is 0 Å². The van der Waals surface area contributed by atoms with Crippen LogP contribution >= 0.6 is 15.6 Å². The SMILES string of the molecule is CC(C)CCCCCCCCCCCCCCCCCC(=O)O[C@H](COC(=O)CCCCCCCCCCCCCCCCC(C)C)COP(=O)(O)OCC(O)COP(=O)(O)OC[C@@H](COC(=O)CCCCCCCCCC(C)C)OC(=O)CCCCCCCCCCCC(C)C. The van der Waals surface area contributed by atoms with E-state index < -0.39 is 97.5 Å². The molecule has 0 aliphatic carbocycles. The molecule has 0 aromatic heterocycles. The molecule has 0 rings (SSSR count). The maximum absolute atomic E-state index is 13.1. The summed E-state index contributed by atoms with van der Waals surface area (Å²) < 4.78 is 68.6. The van der Waals surface area contributed by atoms with Gasteiger partial charge >= 0.3 is 39.5 Å². The lowest BCUT2D eigenvalue weighted by Gasteiger charge is -2.21. The number of phosphoric ester groups is 2. The van der Waals surface area contributed by atoms with Crippen molar-refractivity contribution in [2.45, 2.75) is 414 Å². The van der Waals surface area contributed by atoms with Crippen LogP contribution in [0.4, 0.5) is 0 Å². The number of aliphatic hydroxyl groups excluding tert-OH is 1. The Morgan fingerprint density at radius 3 is 0.639 bits per heavy atom. The molecule has 576 valence electrons. The van der Waals surface area contributed by atoms with Crippen LogP contribution in [-0.4, -0.2) is 96.7 Å². The van der Waals surface area contributed by atoms with Gasteiger partial charge in [-0.3, -0.25) is 37.3 Å². The number of phosphoric acid groups is 2. The standard InChI is InChI=1S/C78H152O17P2/c1-68(2)54-46-38-30-23-18-14-10-9-11-17-21-27-35-44-52-60-77(82)94-73(64-88-75(80)58-50-42-34-26-20-16-13-12-15-19-24-31-39-47-55-69(3)4)66-92-96(84,85)90-62-72(79)63-91-97(86,87)93-67-74(65-89-76(81)59-51-43-37-29-33-41-49-57-71(7)8)95-78(83)61-53-45-36-28-22-25-32-40-48-56-70(5)6/h68-74,79H,9-67H2,1-8H3,(H,84,85)(H,86,87)/t72?,73-,74-/m1/s1. The number of hydrogen-bond donors (Lipinski definition) is 3. The normalized spacial score (nSPS) is 14.1. The smallest absolute Gasteiger partial charge is 0.462 e. The minimum absolute atomic E-state index is 0.104. The quantitative estimate of drug-likeness (QED) is 0.0222. The Balaban J connectivity index is 5.24. The summed E-state index contributed by atoms with van der Waals surface area (Å²) in [6, 6.07) is 0. The summed E-state index contributed by atoms with van der Waals surface area (Å²) in [6.07, 6.45) is 52.8. The van der Waals surface area contributed by atoms with E-state index in [0.29, 0.717) is 31.6 Å². The van der Waals surface area contributed by atoms with E-state index in [0.717, 1.165) is 114 Å². The molecule has 0 bridgehead atoms. The van der Waals surface area contributed by atoms with Gasteiger partial charge in [0.05, 0.1) is 26.4 Å². The fourth-order valence-corrected chi connectivity index (χ4v) is 13.5. The highest BCUT2D eigenvalue weighted by Crippen LogP contribution is 2.45. The Labute approximate surface area is 594 Å². The highest BCUT2D eigenvalue weighted by Gasteiger charge is 2.30. The number of ether oxygens (including phenoxy) is 4. The fraction of sp³-hybridized carbons (Fsp3) is 0.949. The van der Waals surface area contributed by atoms with Crippen LogP contribution in [-0.2, 0) is 65.4 Å². The molecule has 17 nitrogen and oxygen atoms in total. The first kappa shape index (κ1) is 95.1. The molecule has 0 radical (unpaired) electrons. The van der Waals surface area contributed by atoms with Gasteiger partial charge in [-0.15, -0.1) is 0 Å². The van der Waals surface area contributed by atoms with Gasteiger partial charge in [0.2, 0.25) is 0 Å². The van der Waals surface area contributed by atoms with Gasteiger partial charge in [0, 0.05) is 25.7 Å². The predicted molar refractivity (Wildman–Crippen MR) is 395 cm³/mol. The van der Waals surface area contributed by atoms with Gasteiger partial charge in [0.25, 0.3) is 0 Å². The average Bonchev–Trinajstić information content (AvgIpc) is 1.23. The summed E-state index contributed by atoms with van der Waals surface area (Å²) in [7, 11) is -9.92. The number of carbonyl (C=O) groups is 4. The van der Waals surface area contributed by atoms with Crippen LogP contribution in [0.2, 0.25) is 0 Å². The molecular formula is C78H152O17P2. The van der Waals surface area contributed by atoms with Crippen LogP contribution in [0.5, 0.6) is 0 Å². The Bertz CT molecular complexity index is 1900. The summed E-state index contributed by atoms with van der Waals surface area (Å²) in [4.78, 5) is 72.9. The third kappa shape index (κ3) is 72.2. The first-order valence-corrected chi connectivity index (χ1v) is 43.2. The first-order valence-electron chi connectivity index (χ1n) is 40.2. The van der Waals surface area contributed by atoms with E-state index in [9.17, 15) is 43.2 Å². The molecule has 97 heavy (non-hydrogen) atoms. The van der Waals surface area contributed by atoms with Crippen molar-refractivity contribution < 1.29 is 80.2 Å². The number of unbranched alkanes of at least 4 members (excludes halogenated alkanes) is 41. The Kier molecular flexibility index (Phi) is 65.9. The Morgan fingerprint density at radius 1 is 0.258 bits per heavy atom. The highest BCUT2D eigenvalue weighted by molar-refractivity contribution is 7.47. The summed E-state index contributed by atoms with van der Waals surface area (Å²) in [6.45, 7) is 14.2. The van der Waals surface area contributed by atoms with Crippen molar-refractivity contribution >= 4 is 39.5 Å². The molecule has 0 saturated heterocycles. The zero-order valence-corrected chi connectivity index (χ0v) is 65.5. The van der Waals surface area contributed by atoms with Gasteiger partial charge in [-0.25, -0.2) is 9.13 Å².